The van der Waals surface area contributed by atoms with Crippen molar-refractivity contribution in [3.05, 3.63) is 45.4 Å². The molecule has 23 heavy (non-hydrogen) atoms. The molecule has 0 aliphatic heterocycles. The Hall–Kier alpha value is -1.88. The highest BCUT2D eigenvalue weighted by Gasteiger charge is 2.14. The Kier molecular flexibility index (Phi) is 6.59. The fourth-order valence-electron chi connectivity index (χ4n) is 2.28. The molecule has 5 heteroatoms. The third kappa shape index (κ3) is 4.79. The van der Waals surface area contributed by atoms with Crippen molar-refractivity contribution in [3.8, 4) is 5.75 Å². The largest absolute Gasteiger partial charge is 0.486 e. The number of ether oxygens (including phenoxy) is 1. The van der Waals surface area contributed by atoms with Gasteiger partial charge in [0.15, 0.2) is 0 Å². The normalized spacial score (nSPS) is 10.6. The second kappa shape index (κ2) is 8.67. The first-order chi connectivity index (χ1) is 11.2. The van der Waals surface area contributed by atoms with Gasteiger partial charge in [-0.15, -0.1) is 11.3 Å². The van der Waals surface area contributed by atoms with Crippen LogP contribution in [0.3, 0.4) is 0 Å². The molecule has 0 radical (unpaired) electrons. The Morgan fingerprint density at radius 3 is 2.91 bits per heavy atom. The van der Waals surface area contributed by atoms with E-state index in [1.165, 1.54) is 6.42 Å². The molecule has 1 amide bonds. The third-order valence-corrected chi connectivity index (χ3v) is 4.46. The number of nitrogens with one attached hydrogen (secondary N) is 1. The Morgan fingerprint density at radius 2 is 2.17 bits per heavy atom. The van der Waals surface area contributed by atoms with Crippen molar-refractivity contribution in [2.24, 2.45) is 0 Å². The highest BCUT2D eigenvalue weighted by molar-refractivity contribution is 7.09. The lowest BCUT2D eigenvalue weighted by atomic mass is 10.1. The summed E-state index contributed by atoms with van der Waals surface area (Å²) >= 11 is 1.68. The van der Waals surface area contributed by atoms with E-state index in [2.05, 4.69) is 17.2 Å². The van der Waals surface area contributed by atoms with Crippen LogP contribution in [0.5, 0.6) is 5.75 Å². The summed E-state index contributed by atoms with van der Waals surface area (Å²) in [4.78, 5) is 16.7. The van der Waals surface area contributed by atoms with Gasteiger partial charge in [-0.05, 0) is 38.3 Å². The lowest BCUT2D eigenvalue weighted by Crippen LogP contribution is -2.23. The van der Waals surface area contributed by atoms with Crippen LogP contribution in [0.25, 0.3) is 0 Å². The van der Waals surface area contributed by atoms with E-state index in [1.54, 1.807) is 17.4 Å². The number of unbranched alkanes of at least 4 members (excludes halogenated alkanes) is 1. The zero-order chi connectivity index (χ0) is 16.7. The molecule has 0 unspecified atom stereocenters. The molecule has 0 atom stereocenters. The number of aromatic nitrogens is 1. The number of hydrogen-bond acceptors (Lipinski definition) is 4. The minimum Gasteiger partial charge on any atom is -0.486 e. The van der Waals surface area contributed by atoms with E-state index in [0.29, 0.717) is 24.5 Å². The van der Waals surface area contributed by atoms with Gasteiger partial charge in [0.25, 0.3) is 5.91 Å². The predicted molar refractivity (Wildman–Crippen MR) is 94.2 cm³/mol. The van der Waals surface area contributed by atoms with Crippen molar-refractivity contribution in [2.45, 2.75) is 46.6 Å². The number of rotatable bonds is 8. The minimum atomic E-state index is -0.104. The van der Waals surface area contributed by atoms with Gasteiger partial charge in [0.2, 0.25) is 0 Å². The number of hydrogen-bond donors (Lipinski definition) is 1. The van der Waals surface area contributed by atoms with Gasteiger partial charge in [0.05, 0.1) is 16.3 Å². The van der Waals surface area contributed by atoms with E-state index < -0.39 is 0 Å². The van der Waals surface area contributed by atoms with Gasteiger partial charge in [-0.3, -0.25) is 4.79 Å². The van der Waals surface area contributed by atoms with Crippen LogP contribution in [0.4, 0.5) is 0 Å². The molecule has 4 nitrogen and oxygen atoms in total. The van der Waals surface area contributed by atoms with Crippen LogP contribution >= 0.6 is 11.3 Å². The summed E-state index contributed by atoms with van der Waals surface area (Å²) < 4.78 is 5.92. The van der Waals surface area contributed by atoms with E-state index in [0.717, 1.165) is 29.1 Å². The van der Waals surface area contributed by atoms with E-state index in [9.17, 15) is 4.79 Å². The molecule has 0 saturated carbocycles. The monoisotopic (exact) mass is 332 g/mol. The maximum atomic E-state index is 12.1. The van der Waals surface area contributed by atoms with Gasteiger partial charge in [-0.1, -0.05) is 25.5 Å². The molecule has 0 fully saturated rings. The van der Waals surface area contributed by atoms with Crippen molar-refractivity contribution < 1.29 is 9.53 Å². The molecule has 2 aromatic rings. The van der Waals surface area contributed by atoms with Crippen molar-refractivity contribution in [1.29, 1.82) is 0 Å². The van der Waals surface area contributed by atoms with Crippen LogP contribution in [0.15, 0.2) is 23.6 Å². The molecule has 0 aliphatic rings. The van der Waals surface area contributed by atoms with E-state index in [-0.39, 0.29) is 5.91 Å². The van der Waals surface area contributed by atoms with Gasteiger partial charge in [0, 0.05) is 11.9 Å². The van der Waals surface area contributed by atoms with E-state index in [1.807, 2.05) is 31.4 Å². The maximum absolute atomic E-state index is 12.1. The zero-order valence-corrected chi connectivity index (χ0v) is 14.8. The zero-order valence-electron chi connectivity index (χ0n) is 14.0. The third-order valence-electron chi connectivity index (χ3n) is 3.50. The van der Waals surface area contributed by atoms with Crippen LogP contribution in [0, 0.1) is 6.92 Å². The number of carbonyl (C=O) groups is 1. The summed E-state index contributed by atoms with van der Waals surface area (Å²) in [5.74, 6) is 0.537. The quantitative estimate of drug-likeness (QED) is 0.791. The molecule has 1 heterocycles. The summed E-state index contributed by atoms with van der Waals surface area (Å²) in [6, 6.07) is 5.62. The number of para-hydroxylation sites is 1. The maximum Gasteiger partial charge on any atom is 0.255 e. The molecule has 0 bridgehead atoms. The number of thiazole rings is 1. The summed E-state index contributed by atoms with van der Waals surface area (Å²) in [5.41, 5.74) is 2.45. The smallest absolute Gasteiger partial charge is 0.255 e. The summed E-state index contributed by atoms with van der Waals surface area (Å²) in [6.45, 7) is 7.02. The topological polar surface area (TPSA) is 51.2 Å². The molecule has 0 saturated heterocycles. The number of benzene rings is 1. The molecule has 0 spiro atoms. The van der Waals surface area contributed by atoms with Crippen LogP contribution < -0.4 is 10.1 Å². The fraction of sp³-hybridized carbons (Fsp3) is 0.444. The van der Waals surface area contributed by atoms with Crippen molar-refractivity contribution in [1.82, 2.24) is 10.3 Å². The standard InChI is InChI=1S/C18H24N2O2S/c1-4-6-10-16-20-14(12-23-16)11-22-17-13(3)8-7-9-15(17)18(21)19-5-2/h7-9,12H,4-6,10-11H2,1-3H3,(H,19,21). The Morgan fingerprint density at radius 1 is 1.35 bits per heavy atom. The van der Waals surface area contributed by atoms with E-state index in [4.69, 9.17) is 4.74 Å². The average Bonchev–Trinajstić information content (AvgIpc) is 2.99. The first-order valence-electron chi connectivity index (χ1n) is 8.09. The highest BCUT2D eigenvalue weighted by atomic mass is 32.1. The van der Waals surface area contributed by atoms with Gasteiger partial charge in [-0.2, -0.15) is 0 Å². The number of nitrogens with zero attached hydrogens (tertiary/aromatic N) is 1. The molecule has 1 aromatic heterocycles. The fourth-order valence-corrected chi connectivity index (χ4v) is 3.11. The second-order valence-electron chi connectivity index (χ2n) is 5.44. The number of aryl methyl sites for hydroxylation is 2. The molecule has 1 N–H and O–H groups in total. The van der Waals surface area contributed by atoms with Crippen LogP contribution in [0.1, 0.15) is 53.3 Å². The number of amides is 1. The van der Waals surface area contributed by atoms with Crippen LogP contribution in [-0.4, -0.2) is 17.4 Å². The van der Waals surface area contributed by atoms with Crippen LogP contribution in [-0.2, 0) is 13.0 Å². The lowest BCUT2D eigenvalue weighted by molar-refractivity contribution is 0.0951. The molecular weight excluding hydrogens is 308 g/mol. The second-order valence-corrected chi connectivity index (χ2v) is 6.38. The number of carbonyl (C=O) groups excluding carboxylic acids is 1. The molecule has 124 valence electrons. The molecular formula is C18H24N2O2S. The summed E-state index contributed by atoms with van der Waals surface area (Å²) in [6.07, 6.45) is 3.35. The van der Waals surface area contributed by atoms with E-state index >= 15 is 0 Å². The molecule has 2 rings (SSSR count). The van der Waals surface area contributed by atoms with Gasteiger partial charge >= 0.3 is 0 Å². The van der Waals surface area contributed by atoms with Crippen molar-refractivity contribution >= 4 is 17.2 Å². The highest BCUT2D eigenvalue weighted by Crippen LogP contribution is 2.25. The molecule has 1 aromatic carbocycles. The first kappa shape index (κ1) is 17.5. The van der Waals surface area contributed by atoms with Crippen molar-refractivity contribution in [3.63, 3.8) is 0 Å². The van der Waals surface area contributed by atoms with Crippen molar-refractivity contribution in [2.75, 3.05) is 6.54 Å². The summed E-state index contributed by atoms with van der Waals surface area (Å²) in [5, 5.41) is 6.01. The Labute approximate surface area is 141 Å². The van der Waals surface area contributed by atoms with Gasteiger partial charge in [-0.25, -0.2) is 4.98 Å². The van der Waals surface area contributed by atoms with Gasteiger partial charge < -0.3 is 10.1 Å². The Bertz CT molecular complexity index is 652. The Balaban J connectivity index is 2.07. The average molecular weight is 332 g/mol. The first-order valence-corrected chi connectivity index (χ1v) is 8.97. The SMILES string of the molecule is CCCCc1nc(COc2c(C)cccc2C(=O)NCC)cs1. The van der Waals surface area contributed by atoms with Crippen LogP contribution in [0.2, 0.25) is 0 Å². The summed E-state index contributed by atoms with van der Waals surface area (Å²) in [7, 11) is 0. The molecule has 0 aliphatic carbocycles. The predicted octanol–water partition coefficient (Wildman–Crippen LogP) is 4.12. The minimum absolute atomic E-state index is 0.104. The lowest BCUT2D eigenvalue weighted by Gasteiger charge is -2.13. The van der Waals surface area contributed by atoms with Gasteiger partial charge in [0.1, 0.15) is 12.4 Å².